The minimum absolute atomic E-state index is 0.528. The third-order valence-electron chi connectivity index (χ3n) is 5.04. The van der Waals surface area contributed by atoms with Crippen LogP contribution in [0.4, 0.5) is 0 Å². The Bertz CT molecular complexity index is 350. The molecular formula is C18H31NS. The molecule has 1 aliphatic carbocycles. The molecule has 2 heteroatoms. The second kappa shape index (κ2) is 8.19. The summed E-state index contributed by atoms with van der Waals surface area (Å²) in [5.41, 5.74) is 2.08. The number of unbranched alkanes of at least 4 members (excludes halogenated alkanes) is 1. The van der Waals surface area contributed by atoms with Crippen LogP contribution in [0.15, 0.2) is 16.8 Å². The van der Waals surface area contributed by atoms with Gasteiger partial charge in [0.1, 0.15) is 0 Å². The third kappa shape index (κ3) is 4.60. The van der Waals surface area contributed by atoms with Gasteiger partial charge in [-0.2, -0.15) is 11.3 Å². The van der Waals surface area contributed by atoms with Gasteiger partial charge in [-0.25, -0.2) is 0 Å². The van der Waals surface area contributed by atoms with Crippen LogP contribution in [0.5, 0.6) is 0 Å². The molecule has 0 amide bonds. The van der Waals surface area contributed by atoms with Gasteiger partial charge in [0.15, 0.2) is 0 Å². The maximum Gasteiger partial charge on any atom is 0.00109 e. The smallest absolute Gasteiger partial charge is 0.00109 e. The Kier molecular flexibility index (Phi) is 6.57. The summed E-state index contributed by atoms with van der Waals surface area (Å²) >= 11 is 1.84. The highest BCUT2D eigenvalue weighted by Crippen LogP contribution is 2.42. The predicted molar refractivity (Wildman–Crippen MR) is 90.5 cm³/mol. The zero-order chi connectivity index (χ0) is 14.3. The highest BCUT2D eigenvalue weighted by Gasteiger charge is 2.34. The Balaban J connectivity index is 1.91. The fourth-order valence-corrected chi connectivity index (χ4v) is 4.37. The molecule has 0 aromatic carbocycles. The van der Waals surface area contributed by atoms with Crippen LogP contribution in [0.25, 0.3) is 0 Å². The highest BCUT2D eigenvalue weighted by atomic mass is 32.1. The second-order valence-electron chi connectivity index (χ2n) is 6.67. The average molecular weight is 294 g/mol. The van der Waals surface area contributed by atoms with Crippen molar-refractivity contribution in [3.05, 3.63) is 22.4 Å². The topological polar surface area (TPSA) is 12.0 Å². The van der Waals surface area contributed by atoms with Crippen LogP contribution >= 0.6 is 11.3 Å². The molecule has 1 saturated carbocycles. The molecule has 0 unspecified atom stereocenters. The first-order valence-electron chi connectivity index (χ1n) is 8.50. The van der Waals surface area contributed by atoms with Crippen LogP contribution in [0.1, 0.15) is 64.4 Å². The Morgan fingerprint density at radius 2 is 2.10 bits per heavy atom. The number of hydrogen-bond donors (Lipinski definition) is 1. The molecule has 1 nitrogen and oxygen atoms in total. The van der Waals surface area contributed by atoms with Gasteiger partial charge in [0.2, 0.25) is 0 Å². The van der Waals surface area contributed by atoms with Crippen molar-refractivity contribution in [1.82, 2.24) is 5.32 Å². The average Bonchev–Trinajstić information content (AvgIpc) is 2.97. The Labute approximate surface area is 129 Å². The van der Waals surface area contributed by atoms with Gasteiger partial charge >= 0.3 is 0 Å². The minimum Gasteiger partial charge on any atom is -0.316 e. The van der Waals surface area contributed by atoms with Gasteiger partial charge in [0.25, 0.3) is 0 Å². The first-order chi connectivity index (χ1) is 9.78. The zero-order valence-electron chi connectivity index (χ0n) is 13.3. The molecule has 0 spiro atoms. The van der Waals surface area contributed by atoms with Crippen molar-refractivity contribution in [2.45, 2.75) is 65.2 Å². The van der Waals surface area contributed by atoms with E-state index in [4.69, 9.17) is 0 Å². The van der Waals surface area contributed by atoms with Crippen molar-refractivity contribution in [2.24, 2.45) is 11.3 Å². The quantitative estimate of drug-likeness (QED) is 0.688. The fraction of sp³-hybridized carbons (Fsp3) is 0.778. The molecule has 1 aliphatic rings. The first kappa shape index (κ1) is 16.0. The van der Waals surface area contributed by atoms with Crippen LogP contribution in [0.2, 0.25) is 0 Å². The molecule has 1 N–H and O–H groups in total. The monoisotopic (exact) mass is 293 g/mol. The largest absolute Gasteiger partial charge is 0.316 e. The lowest BCUT2D eigenvalue weighted by Gasteiger charge is -2.41. The first-order valence-corrected chi connectivity index (χ1v) is 9.44. The molecule has 2 rings (SSSR count). The van der Waals surface area contributed by atoms with Gasteiger partial charge in [-0.3, -0.25) is 0 Å². The molecule has 0 radical (unpaired) electrons. The molecule has 1 aromatic heterocycles. The number of hydrogen-bond acceptors (Lipinski definition) is 2. The summed E-state index contributed by atoms with van der Waals surface area (Å²) in [5, 5.41) is 8.20. The van der Waals surface area contributed by atoms with Crippen molar-refractivity contribution < 1.29 is 0 Å². The summed E-state index contributed by atoms with van der Waals surface area (Å²) < 4.78 is 0. The summed E-state index contributed by atoms with van der Waals surface area (Å²) in [6.45, 7) is 6.85. The van der Waals surface area contributed by atoms with E-state index in [0.717, 1.165) is 12.5 Å². The van der Waals surface area contributed by atoms with Gasteiger partial charge in [0, 0.05) is 6.54 Å². The van der Waals surface area contributed by atoms with E-state index in [-0.39, 0.29) is 0 Å². The molecule has 1 fully saturated rings. The molecule has 114 valence electrons. The van der Waals surface area contributed by atoms with E-state index in [0.29, 0.717) is 5.41 Å². The van der Waals surface area contributed by atoms with Crippen molar-refractivity contribution in [1.29, 1.82) is 0 Å². The molecule has 0 bridgehead atoms. The number of thiophene rings is 1. The Morgan fingerprint density at radius 1 is 1.30 bits per heavy atom. The van der Waals surface area contributed by atoms with Crippen LogP contribution in [0, 0.1) is 11.3 Å². The van der Waals surface area contributed by atoms with Gasteiger partial charge in [-0.1, -0.05) is 33.1 Å². The Morgan fingerprint density at radius 3 is 2.70 bits per heavy atom. The van der Waals surface area contributed by atoms with Crippen molar-refractivity contribution >= 4 is 11.3 Å². The fourth-order valence-electron chi connectivity index (χ4n) is 3.70. The number of nitrogens with one attached hydrogen (secondary N) is 1. The molecule has 20 heavy (non-hydrogen) atoms. The van der Waals surface area contributed by atoms with E-state index in [9.17, 15) is 0 Å². The lowest BCUT2D eigenvalue weighted by atomic mass is 9.67. The Hall–Kier alpha value is -0.340. The summed E-state index contributed by atoms with van der Waals surface area (Å²) in [4.78, 5) is 0. The lowest BCUT2D eigenvalue weighted by molar-refractivity contribution is 0.139. The molecule has 1 heterocycles. The standard InChI is InChI=1S/C18H31NS/c1-3-5-6-16-7-10-18(11-8-16,15-19-4-2)13-17-9-12-20-14-17/h9,12,14,16,19H,3-8,10-11,13,15H2,1-2H3. The maximum absolute atomic E-state index is 3.63. The van der Waals surface area contributed by atoms with Crippen LogP contribution in [0.3, 0.4) is 0 Å². The summed E-state index contributed by atoms with van der Waals surface area (Å²) in [6.07, 6.45) is 11.3. The third-order valence-corrected chi connectivity index (χ3v) is 5.77. The second-order valence-corrected chi connectivity index (χ2v) is 7.45. The van der Waals surface area contributed by atoms with E-state index in [1.165, 1.54) is 57.9 Å². The molecular weight excluding hydrogens is 262 g/mol. The van der Waals surface area contributed by atoms with Crippen molar-refractivity contribution in [2.75, 3.05) is 13.1 Å². The molecule has 0 aliphatic heterocycles. The van der Waals surface area contributed by atoms with E-state index in [1.807, 2.05) is 11.3 Å². The van der Waals surface area contributed by atoms with Crippen LogP contribution in [-0.2, 0) is 6.42 Å². The summed E-state index contributed by atoms with van der Waals surface area (Å²) in [5.74, 6) is 1.01. The predicted octanol–water partition coefficient (Wildman–Crippen LogP) is 5.27. The van der Waals surface area contributed by atoms with E-state index in [1.54, 1.807) is 5.56 Å². The normalized spacial score (nSPS) is 26.8. The van der Waals surface area contributed by atoms with Crippen LogP contribution in [-0.4, -0.2) is 13.1 Å². The van der Waals surface area contributed by atoms with Crippen molar-refractivity contribution in [3.8, 4) is 0 Å². The molecule has 0 atom stereocenters. The van der Waals surface area contributed by atoms with Gasteiger partial charge < -0.3 is 5.32 Å². The maximum atomic E-state index is 3.63. The van der Waals surface area contributed by atoms with Gasteiger partial charge in [-0.15, -0.1) is 0 Å². The van der Waals surface area contributed by atoms with E-state index in [2.05, 4.69) is 36.0 Å². The van der Waals surface area contributed by atoms with Gasteiger partial charge in [-0.05, 0) is 72.4 Å². The van der Waals surface area contributed by atoms with E-state index >= 15 is 0 Å². The zero-order valence-corrected chi connectivity index (χ0v) is 14.1. The SMILES string of the molecule is CCCCC1CCC(CNCC)(Cc2ccsc2)CC1. The highest BCUT2D eigenvalue weighted by molar-refractivity contribution is 7.07. The minimum atomic E-state index is 0.528. The van der Waals surface area contributed by atoms with Gasteiger partial charge in [0.05, 0.1) is 0 Å². The lowest BCUT2D eigenvalue weighted by Crippen LogP contribution is -2.39. The van der Waals surface area contributed by atoms with E-state index < -0.39 is 0 Å². The molecule has 0 saturated heterocycles. The van der Waals surface area contributed by atoms with Crippen LogP contribution < -0.4 is 5.32 Å². The van der Waals surface area contributed by atoms with Crippen molar-refractivity contribution in [3.63, 3.8) is 0 Å². The summed E-state index contributed by atoms with van der Waals surface area (Å²) in [6, 6.07) is 2.32. The molecule has 1 aromatic rings. The summed E-state index contributed by atoms with van der Waals surface area (Å²) in [7, 11) is 0. The number of rotatable bonds is 8.